The fraction of sp³-hybridized carbons (Fsp3) is 0.579. The molecule has 0 aliphatic heterocycles. The molecule has 0 radical (unpaired) electrons. The number of hydrogen-bond donors (Lipinski definition) is 1. The molecule has 0 saturated heterocycles. The molecule has 0 amide bonds. The number of hydrogen-bond acceptors (Lipinski definition) is 2. The number of aromatic nitrogens is 2. The van der Waals surface area contributed by atoms with Gasteiger partial charge in [-0.25, -0.2) is 4.98 Å². The zero-order valence-electron chi connectivity index (χ0n) is 14.7. The minimum absolute atomic E-state index is 0.0960. The molecule has 2 N–H and O–H groups in total. The second-order valence-corrected chi connectivity index (χ2v) is 6.32. The molecular weight excluding hydrogens is 286 g/mol. The summed E-state index contributed by atoms with van der Waals surface area (Å²) >= 11 is 0. The smallest absolute Gasteiger partial charge is 0.261 e. The van der Waals surface area contributed by atoms with Crippen LogP contribution in [0.15, 0.2) is 29.1 Å². The summed E-state index contributed by atoms with van der Waals surface area (Å²) < 4.78 is 1.87. The highest BCUT2D eigenvalue weighted by molar-refractivity contribution is 5.77. The van der Waals surface area contributed by atoms with Crippen molar-refractivity contribution in [3.63, 3.8) is 0 Å². The fourth-order valence-electron chi connectivity index (χ4n) is 3.02. The summed E-state index contributed by atoms with van der Waals surface area (Å²) in [6.07, 6.45) is 6.02. The van der Waals surface area contributed by atoms with Crippen LogP contribution in [0, 0.1) is 0 Å². The van der Waals surface area contributed by atoms with E-state index in [1.807, 2.05) is 28.8 Å². The van der Waals surface area contributed by atoms with Gasteiger partial charge in [0.25, 0.3) is 5.56 Å². The number of rotatable bonds is 9. The van der Waals surface area contributed by atoms with Crippen molar-refractivity contribution >= 4 is 10.9 Å². The highest BCUT2D eigenvalue weighted by Crippen LogP contribution is 2.12. The quantitative estimate of drug-likeness (QED) is 0.723. The van der Waals surface area contributed by atoms with E-state index in [2.05, 4.69) is 26.1 Å². The lowest BCUT2D eigenvalue weighted by Crippen LogP contribution is -2.85. The van der Waals surface area contributed by atoms with Crippen LogP contribution in [-0.4, -0.2) is 16.1 Å². The van der Waals surface area contributed by atoms with Crippen molar-refractivity contribution in [1.29, 1.82) is 0 Å². The van der Waals surface area contributed by atoms with Gasteiger partial charge in [0, 0.05) is 6.54 Å². The van der Waals surface area contributed by atoms with E-state index in [4.69, 9.17) is 4.98 Å². The van der Waals surface area contributed by atoms with Gasteiger partial charge < -0.3 is 5.32 Å². The summed E-state index contributed by atoms with van der Waals surface area (Å²) in [5.74, 6) is 0.908. The molecule has 23 heavy (non-hydrogen) atoms. The van der Waals surface area contributed by atoms with Gasteiger partial charge in [0.05, 0.1) is 17.4 Å². The predicted octanol–water partition coefficient (Wildman–Crippen LogP) is 3.01. The molecule has 0 aliphatic carbocycles. The molecule has 0 aliphatic rings. The van der Waals surface area contributed by atoms with E-state index in [0.29, 0.717) is 0 Å². The van der Waals surface area contributed by atoms with Crippen LogP contribution in [0.3, 0.4) is 0 Å². The molecule has 0 bridgehead atoms. The molecule has 0 saturated carbocycles. The Morgan fingerprint density at radius 3 is 2.65 bits per heavy atom. The minimum Gasteiger partial charge on any atom is -0.338 e. The molecular formula is C19H30N3O+. The normalized spacial score (nSPS) is 12.7. The highest BCUT2D eigenvalue weighted by Gasteiger charge is 2.18. The average molecular weight is 316 g/mol. The monoisotopic (exact) mass is 316 g/mol. The second-order valence-electron chi connectivity index (χ2n) is 6.32. The van der Waals surface area contributed by atoms with Crippen LogP contribution in [0.5, 0.6) is 0 Å². The summed E-state index contributed by atoms with van der Waals surface area (Å²) in [7, 11) is 0. The SMILES string of the molecule is CCCCCC[NH2+][C@@H](C)c1nc2ccccc2c(=O)n1CCC. The van der Waals surface area contributed by atoms with E-state index in [-0.39, 0.29) is 11.6 Å². The van der Waals surface area contributed by atoms with Crippen molar-refractivity contribution in [3.05, 3.63) is 40.4 Å². The second kappa shape index (κ2) is 8.82. The third-order valence-electron chi connectivity index (χ3n) is 4.32. The van der Waals surface area contributed by atoms with E-state index in [1.165, 1.54) is 25.7 Å². The van der Waals surface area contributed by atoms with Gasteiger partial charge in [-0.05, 0) is 38.3 Å². The lowest BCUT2D eigenvalue weighted by atomic mass is 10.2. The molecule has 126 valence electrons. The Balaban J connectivity index is 2.23. The first-order chi connectivity index (χ1) is 11.2. The first kappa shape index (κ1) is 17.7. The molecule has 1 aromatic heterocycles. The number of unbranched alkanes of at least 4 members (excludes halogenated alkanes) is 3. The summed E-state index contributed by atoms with van der Waals surface area (Å²) in [6.45, 7) is 8.32. The third-order valence-corrected chi connectivity index (χ3v) is 4.32. The van der Waals surface area contributed by atoms with Gasteiger partial charge in [0.1, 0.15) is 6.04 Å². The molecule has 4 nitrogen and oxygen atoms in total. The Hall–Kier alpha value is -1.68. The molecule has 1 heterocycles. The van der Waals surface area contributed by atoms with Gasteiger partial charge in [-0.3, -0.25) is 9.36 Å². The molecule has 1 aromatic carbocycles. The number of fused-ring (bicyclic) bond motifs is 1. The van der Waals surface area contributed by atoms with Gasteiger partial charge in [-0.1, -0.05) is 38.8 Å². The number of quaternary nitrogens is 1. The van der Waals surface area contributed by atoms with Crippen molar-refractivity contribution in [1.82, 2.24) is 9.55 Å². The van der Waals surface area contributed by atoms with Gasteiger partial charge in [0.2, 0.25) is 0 Å². The van der Waals surface area contributed by atoms with Crippen LogP contribution in [-0.2, 0) is 6.54 Å². The van der Waals surface area contributed by atoms with Crippen molar-refractivity contribution in [2.75, 3.05) is 6.54 Å². The number of nitrogens with zero attached hydrogens (tertiary/aromatic N) is 2. The number of para-hydroxylation sites is 1. The number of benzene rings is 1. The third kappa shape index (κ3) is 4.41. The molecule has 0 unspecified atom stereocenters. The maximum atomic E-state index is 12.8. The van der Waals surface area contributed by atoms with Crippen LogP contribution in [0.4, 0.5) is 0 Å². The summed E-state index contributed by atoms with van der Waals surface area (Å²) in [4.78, 5) is 17.6. The Morgan fingerprint density at radius 1 is 1.13 bits per heavy atom. The molecule has 2 aromatic rings. The Kier molecular flexibility index (Phi) is 6.78. The molecule has 0 spiro atoms. The molecule has 2 rings (SSSR count). The van der Waals surface area contributed by atoms with E-state index >= 15 is 0 Å². The standard InChI is InChI=1S/C19H29N3O/c1-4-6-7-10-13-20-15(3)18-21-17-12-9-8-11-16(17)19(23)22(18)14-5-2/h8-9,11-12,15,20H,4-7,10,13-14H2,1-3H3/p+1/t15-/m0/s1. The average Bonchev–Trinajstić information content (AvgIpc) is 2.57. The maximum absolute atomic E-state index is 12.8. The molecule has 0 fully saturated rings. The Labute approximate surface area is 138 Å². The van der Waals surface area contributed by atoms with Crippen LogP contribution in [0.2, 0.25) is 0 Å². The molecule has 4 heteroatoms. The van der Waals surface area contributed by atoms with Crippen LogP contribution < -0.4 is 10.9 Å². The van der Waals surface area contributed by atoms with E-state index < -0.39 is 0 Å². The Bertz CT molecular complexity index is 678. The molecule has 1 atom stereocenters. The summed E-state index contributed by atoms with van der Waals surface area (Å²) in [5, 5.41) is 3.04. The fourth-order valence-corrected chi connectivity index (χ4v) is 3.02. The zero-order valence-corrected chi connectivity index (χ0v) is 14.7. The number of nitrogens with two attached hydrogens (primary N) is 1. The topological polar surface area (TPSA) is 51.5 Å². The van der Waals surface area contributed by atoms with Crippen molar-refractivity contribution in [3.8, 4) is 0 Å². The lowest BCUT2D eigenvalue weighted by Gasteiger charge is -2.17. The largest absolute Gasteiger partial charge is 0.338 e. The van der Waals surface area contributed by atoms with Crippen molar-refractivity contribution in [2.45, 2.75) is 65.5 Å². The van der Waals surface area contributed by atoms with Crippen LogP contribution >= 0.6 is 0 Å². The first-order valence-corrected chi connectivity index (χ1v) is 9.01. The Morgan fingerprint density at radius 2 is 1.91 bits per heavy atom. The predicted molar refractivity (Wildman–Crippen MR) is 95.6 cm³/mol. The van der Waals surface area contributed by atoms with Crippen LogP contribution in [0.1, 0.15) is 64.7 Å². The van der Waals surface area contributed by atoms with E-state index in [0.717, 1.165) is 36.2 Å². The summed E-state index contributed by atoms with van der Waals surface area (Å²) in [6, 6.07) is 7.87. The van der Waals surface area contributed by atoms with Gasteiger partial charge in [-0.2, -0.15) is 0 Å². The van der Waals surface area contributed by atoms with E-state index in [1.54, 1.807) is 0 Å². The van der Waals surface area contributed by atoms with Gasteiger partial charge >= 0.3 is 0 Å². The first-order valence-electron chi connectivity index (χ1n) is 9.01. The van der Waals surface area contributed by atoms with Crippen molar-refractivity contribution < 1.29 is 5.32 Å². The minimum atomic E-state index is 0.0960. The van der Waals surface area contributed by atoms with Gasteiger partial charge in [0.15, 0.2) is 5.82 Å². The van der Waals surface area contributed by atoms with Crippen molar-refractivity contribution in [2.24, 2.45) is 0 Å². The maximum Gasteiger partial charge on any atom is 0.261 e. The lowest BCUT2D eigenvalue weighted by molar-refractivity contribution is -0.694. The zero-order chi connectivity index (χ0) is 16.7. The van der Waals surface area contributed by atoms with Gasteiger partial charge in [-0.15, -0.1) is 0 Å². The van der Waals surface area contributed by atoms with E-state index in [9.17, 15) is 4.79 Å². The summed E-state index contributed by atoms with van der Waals surface area (Å²) in [5.41, 5.74) is 0.907. The highest BCUT2D eigenvalue weighted by atomic mass is 16.1. The van der Waals surface area contributed by atoms with Crippen LogP contribution in [0.25, 0.3) is 10.9 Å².